The fourth-order valence-electron chi connectivity index (χ4n) is 1.49. The second-order valence-corrected chi connectivity index (χ2v) is 4.07. The van der Waals surface area contributed by atoms with Crippen molar-refractivity contribution in [2.24, 2.45) is 0 Å². The van der Waals surface area contributed by atoms with Gasteiger partial charge in [-0.05, 0) is 12.1 Å². The number of anilines is 1. The lowest BCUT2D eigenvalue weighted by atomic mass is 10.2. The highest BCUT2D eigenvalue weighted by atomic mass is 16.2. The number of fused-ring (bicyclic) bond motifs is 1. The Kier molecular flexibility index (Phi) is 3.27. The van der Waals surface area contributed by atoms with Crippen molar-refractivity contribution in [3.8, 4) is 0 Å². The van der Waals surface area contributed by atoms with Crippen LogP contribution >= 0.6 is 0 Å². The average Bonchev–Trinajstić information content (AvgIpc) is 2.36. The zero-order valence-electron chi connectivity index (χ0n) is 10.2. The minimum atomic E-state index is -0.222. The molecule has 0 fully saturated rings. The Morgan fingerprint density at radius 3 is 2.83 bits per heavy atom. The highest BCUT2D eigenvalue weighted by Crippen LogP contribution is 2.07. The van der Waals surface area contributed by atoms with E-state index < -0.39 is 0 Å². The van der Waals surface area contributed by atoms with Gasteiger partial charge in [-0.25, -0.2) is 4.98 Å². The van der Waals surface area contributed by atoms with Crippen LogP contribution in [0.15, 0.2) is 29.1 Å². The van der Waals surface area contributed by atoms with E-state index in [1.54, 1.807) is 32.3 Å². The molecule has 0 unspecified atom stereocenters. The van der Waals surface area contributed by atoms with Crippen LogP contribution in [0.5, 0.6) is 0 Å². The summed E-state index contributed by atoms with van der Waals surface area (Å²) in [6, 6.07) is 7.05. The zero-order chi connectivity index (χ0) is 13.1. The Morgan fingerprint density at radius 2 is 2.11 bits per heavy atom. The number of aromatic amines is 1. The Balaban J connectivity index is 2.25. The first kappa shape index (κ1) is 12.1. The molecule has 2 aromatic rings. The van der Waals surface area contributed by atoms with Crippen LogP contribution in [0, 0.1) is 0 Å². The molecule has 0 atom stereocenters. The van der Waals surface area contributed by atoms with Crippen molar-refractivity contribution >= 4 is 22.8 Å². The number of benzene rings is 1. The first-order valence-electron chi connectivity index (χ1n) is 5.51. The fraction of sp³-hybridized carbons (Fsp3) is 0.250. The molecule has 94 valence electrons. The van der Waals surface area contributed by atoms with Crippen LogP contribution in [0.1, 0.15) is 0 Å². The molecule has 2 N–H and O–H groups in total. The van der Waals surface area contributed by atoms with Gasteiger partial charge in [0.25, 0.3) is 5.56 Å². The molecule has 1 heterocycles. The molecule has 0 aliphatic rings. The van der Waals surface area contributed by atoms with Gasteiger partial charge in [-0.15, -0.1) is 0 Å². The van der Waals surface area contributed by atoms with E-state index in [2.05, 4.69) is 15.3 Å². The van der Waals surface area contributed by atoms with E-state index in [9.17, 15) is 9.59 Å². The summed E-state index contributed by atoms with van der Waals surface area (Å²) in [7, 11) is 3.33. The summed E-state index contributed by atoms with van der Waals surface area (Å²) < 4.78 is 0. The first-order chi connectivity index (χ1) is 8.58. The Bertz CT molecular complexity index is 633. The molecule has 0 bridgehead atoms. The summed E-state index contributed by atoms with van der Waals surface area (Å²) in [5, 5.41) is 3.33. The molecule has 2 rings (SSSR count). The third-order valence-corrected chi connectivity index (χ3v) is 2.52. The second kappa shape index (κ2) is 4.87. The number of likely N-dealkylation sites (N-methyl/N-ethyl adjacent to an activating group) is 1. The van der Waals surface area contributed by atoms with Crippen LogP contribution in [0.4, 0.5) is 5.95 Å². The van der Waals surface area contributed by atoms with Crippen molar-refractivity contribution < 1.29 is 4.79 Å². The maximum Gasteiger partial charge on any atom is 0.260 e. The van der Waals surface area contributed by atoms with Gasteiger partial charge >= 0.3 is 0 Å². The van der Waals surface area contributed by atoms with Crippen molar-refractivity contribution in [2.45, 2.75) is 0 Å². The number of rotatable bonds is 3. The summed E-state index contributed by atoms with van der Waals surface area (Å²) in [6.07, 6.45) is 0. The van der Waals surface area contributed by atoms with Crippen molar-refractivity contribution in [3.63, 3.8) is 0 Å². The number of nitrogens with one attached hydrogen (secondary N) is 2. The van der Waals surface area contributed by atoms with Gasteiger partial charge in [-0.2, -0.15) is 0 Å². The van der Waals surface area contributed by atoms with Crippen LogP contribution in [-0.2, 0) is 4.79 Å². The van der Waals surface area contributed by atoms with E-state index in [0.29, 0.717) is 16.9 Å². The van der Waals surface area contributed by atoms with E-state index in [1.165, 1.54) is 4.90 Å². The van der Waals surface area contributed by atoms with Crippen LogP contribution in [0.3, 0.4) is 0 Å². The highest BCUT2D eigenvalue weighted by Gasteiger charge is 2.06. The summed E-state index contributed by atoms with van der Waals surface area (Å²) in [4.78, 5) is 31.4. The van der Waals surface area contributed by atoms with E-state index in [4.69, 9.17) is 0 Å². The van der Waals surface area contributed by atoms with Gasteiger partial charge in [0.2, 0.25) is 11.9 Å². The van der Waals surface area contributed by atoms with Gasteiger partial charge in [0.15, 0.2) is 0 Å². The number of carbonyl (C=O) groups excluding carboxylic acids is 1. The molecular formula is C12H14N4O2. The van der Waals surface area contributed by atoms with Crippen molar-refractivity contribution in [2.75, 3.05) is 26.0 Å². The minimum Gasteiger partial charge on any atom is -0.347 e. The third kappa shape index (κ3) is 2.48. The summed E-state index contributed by atoms with van der Waals surface area (Å²) in [5.74, 6) is 0.208. The lowest BCUT2D eigenvalue weighted by Gasteiger charge is -2.11. The van der Waals surface area contributed by atoms with E-state index >= 15 is 0 Å². The van der Waals surface area contributed by atoms with Crippen LogP contribution in [0.2, 0.25) is 0 Å². The number of aromatic nitrogens is 2. The lowest BCUT2D eigenvalue weighted by molar-refractivity contribution is -0.126. The van der Waals surface area contributed by atoms with Crippen molar-refractivity contribution in [1.82, 2.24) is 14.9 Å². The minimum absolute atomic E-state index is 0.0915. The molecule has 6 heteroatoms. The predicted molar refractivity (Wildman–Crippen MR) is 69.5 cm³/mol. The number of hydrogen-bond acceptors (Lipinski definition) is 4. The first-order valence-corrected chi connectivity index (χ1v) is 5.51. The molecule has 0 saturated heterocycles. The average molecular weight is 246 g/mol. The number of amides is 1. The standard InChI is InChI=1S/C12H14N4O2/c1-16(2)10(17)7-13-12-14-9-6-4-3-5-8(9)11(18)15-12/h3-6H,7H2,1-2H3,(H2,13,14,15,18). The summed E-state index contributed by atoms with van der Waals surface area (Å²) in [6.45, 7) is 0.0915. The van der Waals surface area contributed by atoms with Gasteiger partial charge in [0, 0.05) is 14.1 Å². The van der Waals surface area contributed by atoms with E-state index in [0.717, 1.165) is 0 Å². The number of nitrogens with zero attached hydrogens (tertiary/aromatic N) is 2. The highest BCUT2D eigenvalue weighted by molar-refractivity contribution is 5.81. The molecule has 0 aliphatic heterocycles. The Hall–Kier alpha value is -2.37. The lowest BCUT2D eigenvalue weighted by Crippen LogP contribution is -2.29. The Labute approximate surface area is 104 Å². The molecule has 1 aromatic carbocycles. The smallest absolute Gasteiger partial charge is 0.260 e. The van der Waals surface area contributed by atoms with Crippen LogP contribution in [-0.4, -0.2) is 41.4 Å². The molecule has 1 amide bonds. The van der Waals surface area contributed by atoms with Gasteiger partial charge in [-0.1, -0.05) is 12.1 Å². The number of para-hydroxylation sites is 1. The molecule has 0 saturated carbocycles. The molecular weight excluding hydrogens is 232 g/mol. The Morgan fingerprint density at radius 1 is 1.39 bits per heavy atom. The largest absolute Gasteiger partial charge is 0.347 e. The van der Waals surface area contributed by atoms with Gasteiger partial charge in [0.1, 0.15) is 0 Å². The molecule has 1 aromatic heterocycles. The maximum atomic E-state index is 11.7. The van der Waals surface area contributed by atoms with Gasteiger partial charge in [0.05, 0.1) is 17.4 Å². The molecule has 6 nitrogen and oxygen atoms in total. The quantitative estimate of drug-likeness (QED) is 0.823. The zero-order valence-corrected chi connectivity index (χ0v) is 10.2. The predicted octanol–water partition coefficient (Wildman–Crippen LogP) is 0.423. The third-order valence-electron chi connectivity index (χ3n) is 2.52. The molecule has 0 spiro atoms. The van der Waals surface area contributed by atoms with Crippen molar-refractivity contribution in [3.05, 3.63) is 34.6 Å². The topological polar surface area (TPSA) is 78.1 Å². The van der Waals surface area contributed by atoms with Gasteiger partial charge in [-0.3, -0.25) is 14.6 Å². The summed E-state index contributed by atoms with van der Waals surface area (Å²) >= 11 is 0. The van der Waals surface area contributed by atoms with E-state index in [-0.39, 0.29) is 18.0 Å². The molecule has 18 heavy (non-hydrogen) atoms. The number of H-pyrrole nitrogens is 1. The second-order valence-electron chi connectivity index (χ2n) is 4.07. The summed E-state index contributed by atoms with van der Waals surface area (Å²) in [5.41, 5.74) is 0.376. The number of carbonyl (C=O) groups is 1. The number of hydrogen-bond donors (Lipinski definition) is 2. The van der Waals surface area contributed by atoms with Crippen LogP contribution < -0.4 is 10.9 Å². The van der Waals surface area contributed by atoms with Crippen molar-refractivity contribution in [1.29, 1.82) is 0 Å². The fourth-order valence-corrected chi connectivity index (χ4v) is 1.49. The molecule has 0 aliphatic carbocycles. The monoisotopic (exact) mass is 246 g/mol. The molecule has 0 radical (unpaired) electrons. The SMILES string of the molecule is CN(C)C(=O)CNc1nc2ccccc2c(=O)[nH]1. The van der Waals surface area contributed by atoms with Gasteiger partial charge < -0.3 is 10.2 Å². The normalized spacial score (nSPS) is 10.3. The van der Waals surface area contributed by atoms with E-state index in [1.807, 2.05) is 6.07 Å². The van der Waals surface area contributed by atoms with Crippen LogP contribution in [0.25, 0.3) is 10.9 Å². The maximum absolute atomic E-state index is 11.7.